The molecule has 0 N–H and O–H groups in total. The number of hydrogen-bond donors (Lipinski definition) is 0. The lowest BCUT2D eigenvalue weighted by Crippen LogP contribution is -2.09. The number of rotatable bonds is 5. The van der Waals surface area contributed by atoms with Gasteiger partial charge in [-0.25, -0.2) is 0 Å². The second-order valence-electron chi connectivity index (χ2n) is 11.8. The van der Waals surface area contributed by atoms with Gasteiger partial charge in [-0.2, -0.15) is 0 Å². The summed E-state index contributed by atoms with van der Waals surface area (Å²) in [4.78, 5) is 2.34. The van der Waals surface area contributed by atoms with E-state index in [1.54, 1.807) is 0 Å². The summed E-state index contributed by atoms with van der Waals surface area (Å²) in [5.41, 5.74) is 8.22. The quantitative estimate of drug-likeness (QED) is 0.177. The van der Waals surface area contributed by atoms with Gasteiger partial charge in [-0.3, -0.25) is 0 Å². The Labute approximate surface area is 272 Å². The summed E-state index contributed by atoms with van der Waals surface area (Å²) >= 11 is 1.88. The predicted molar refractivity (Wildman–Crippen MR) is 200 cm³/mol. The number of para-hydroxylation sites is 1. The topological polar surface area (TPSA) is 3.24 Å². The molecule has 0 fully saturated rings. The molecule has 216 valence electrons. The number of anilines is 3. The number of nitrogens with zero attached hydrogens (tertiary/aromatic N) is 1. The first-order valence-corrected chi connectivity index (χ1v) is 16.5. The zero-order valence-electron chi connectivity index (χ0n) is 25.1. The molecule has 2 heteroatoms. The molecule has 1 nitrogen and oxygen atoms in total. The van der Waals surface area contributed by atoms with E-state index in [1.165, 1.54) is 64.0 Å². The molecule has 0 atom stereocenters. The maximum Gasteiger partial charge on any atom is 0.0467 e. The maximum absolute atomic E-state index is 2.39. The van der Waals surface area contributed by atoms with Crippen LogP contribution in [0.4, 0.5) is 17.1 Å². The summed E-state index contributed by atoms with van der Waals surface area (Å²) in [6.45, 7) is 0. The molecule has 1 heterocycles. The first-order chi connectivity index (χ1) is 22.8. The van der Waals surface area contributed by atoms with E-state index in [-0.39, 0.29) is 0 Å². The molecule has 0 aliphatic carbocycles. The Balaban J connectivity index is 1.19. The van der Waals surface area contributed by atoms with Crippen LogP contribution in [0.15, 0.2) is 176 Å². The minimum Gasteiger partial charge on any atom is -0.310 e. The molecule has 0 spiro atoms. The van der Waals surface area contributed by atoms with E-state index < -0.39 is 0 Å². The SMILES string of the molecule is c1ccc(-c2ccc(N(c3ccccc3)c3cccc(-c4ccc5ccc6ccc7sc8ccccc8c7c6c5c4)c3)cc2)cc1. The molecule has 8 aromatic carbocycles. The van der Waals surface area contributed by atoms with E-state index in [4.69, 9.17) is 0 Å². The highest BCUT2D eigenvalue weighted by atomic mass is 32.1. The number of hydrogen-bond acceptors (Lipinski definition) is 2. The van der Waals surface area contributed by atoms with E-state index >= 15 is 0 Å². The zero-order chi connectivity index (χ0) is 30.5. The van der Waals surface area contributed by atoms with Crippen LogP contribution in [0, 0.1) is 0 Å². The van der Waals surface area contributed by atoms with E-state index in [0.717, 1.165) is 17.1 Å². The average Bonchev–Trinajstić information content (AvgIpc) is 3.52. The van der Waals surface area contributed by atoms with Crippen LogP contribution in [0.25, 0.3) is 64.0 Å². The summed E-state index contributed by atoms with van der Waals surface area (Å²) in [5, 5.41) is 7.89. The second-order valence-corrected chi connectivity index (χ2v) is 12.9. The van der Waals surface area contributed by atoms with Crippen molar-refractivity contribution < 1.29 is 0 Å². The smallest absolute Gasteiger partial charge is 0.0467 e. The van der Waals surface area contributed by atoms with Crippen molar-refractivity contribution in [3.8, 4) is 22.3 Å². The standard InChI is InChI=1S/C44H29NS/c1-3-10-30(11-4-1)31-22-25-37(26-23-31)45(36-13-5-2-6-14-36)38-15-9-12-34(28-38)35-21-19-32-18-20-33-24-27-42-44(43(33)40(32)29-35)39-16-7-8-17-41(39)46-42/h1-29H. The average molecular weight is 604 g/mol. The van der Waals surface area contributed by atoms with Crippen LogP contribution in [0.3, 0.4) is 0 Å². The lowest BCUT2D eigenvalue weighted by molar-refractivity contribution is 1.28. The zero-order valence-corrected chi connectivity index (χ0v) is 25.9. The van der Waals surface area contributed by atoms with Gasteiger partial charge in [0.2, 0.25) is 0 Å². The Kier molecular flexibility index (Phi) is 6.40. The van der Waals surface area contributed by atoms with Crippen molar-refractivity contribution in [1.29, 1.82) is 0 Å². The number of fused-ring (bicyclic) bond motifs is 7. The van der Waals surface area contributed by atoms with Gasteiger partial charge in [0.25, 0.3) is 0 Å². The molecule has 0 aliphatic rings. The molecule has 0 radical (unpaired) electrons. The van der Waals surface area contributed by atoms with Crippen molar-refractivity contribution in [2.75, 3.05) is 4.90 Å². The highest BCUT2D eigenvalue weighted by Gasteiger charge is 2.15. The Morgan fingerprint density at radius 2 is 0.913 bits per heavy atom. The third-order valence-electron chi connectivity index (χ3n) is 9.03. The third kappa shape index (κ3) is 4.54. The summed E-state index contributed by atoms with van der Waals surface area (Å²) in [6.07, 6.45) is 0. The van der Waals surface area contributed by atoms with Crippen molar-refractivity contribution in [2.24, 2.45) is 0 Å². The van der Waals surface area contributed by atoms with E-state index in [1.807, 2.05) is 11.3 Å². The maximum atomic E-state index is 2.39. The molecule has 0 saturated heterocycles. The molecule has 0 saturated carbocycles. The van der Waals surface area contributed by atoms with Crippen LogP contribution < -0.4 is 4.90 Å². The molecular formula is C44H29NS. The summed E-state index contributed by atoms with van der Waals surface area (Å²) < 4.78 is 2.68. The fraction of sp³-hybridized carbons (Fsp3) is 0. The first-order valence-electron chi connectivity index (χ1n) is 15.7. The van der Waals surface area contributed by atoms with E-state index in [2.05, 4.69) is 181 Å². The minimum atomic E-state index is 1.12. The minimum absolute atomic E-state index is 1.12. The van der Waals surface area contributed by atoms with Gasteiger partial charge < -0.3 is 4.90 Å². The Morgan fingerprint density at radius 1 is 0.326 bits per heavy atom. The lowest BCUT2D eigenvalue weighted by Gasteiger charge is -2.26. The van der Waals surface area contributed by atoms with E-state index in [9.17, 15) is 0 Å². The highest BCUT2D eigenvalue weighted by Crippen LogP contribution is 2.42. The van der Waals surface area contributed by atoms with Gasteiger partial charge in [-0.1, -0.05) is 121 Å². The van der Waals surface area contributed by atoms with Crippen molar-refractivity contribution in [2.45, 2.75) is 0 Å². The summed E-state index contributed by atoms with van der Waals surface area (Å²) in [7, 11) is 0. The van der Waals surface area contributed by atoms with Crippen molar-refractivity contribution in [3.63, 3.8) is 0 Å². The van der Waals surface area contributed by atoms with Gasteiger partial charge in [0, 0.05) is 37.2 Å². The lowest BCUT2D eigenvalue weighted by atomic mass is 9.94. The van der Waals surface area contributed by atoms with Gasteiger partial charge in [-0.15, -0.1) is 11.3 Å². The van der Waals surface area contributed by atoms with Crippen LogP contribution >= 0.6 is 11.3 Å². The second kappa shape index (κ2) is 11.0. The van der Waals surface area contributed by atoms with Gasteiger partial charge >= 0.3 is 0 Å². The fourth-order valence-corrected chi connectivity index (χ4v) is 7.94. The molecule has 46 heavy (non-hydrogen) atoms. The normalized spacial score (nSPS) is 11.5. The number of thiophene rings is 1. The van der Waals surface area contributed by atoms with Crippen LogP contribution in [0.1, 0.15) is 0 Å². The van der Waals surface area contributed by atoms with Gasteiger partial charge in [0.1, 0.15) is 0 Å². The van der Waals surface area contributed by atoms with Crippen LogP contribution in [0.2, 0.25) is 0 Å². The van der Waals surface area contributed by atoms with Crippen LogP contribution in [-0.2, 0) is 0 Å². The molecule has 0 aliphatic heterocycles. The Hall–Kier alpha value is -5.70. The molecule has 9 aromatic rings. The summed E-state index contributed by atoms with van der Waals surface area (Å²) in [6, 6.07) is 63.8. The summed E-state index contributed by atoms with van der Waals surface area (Å²) in [5.74, 6) is 0. The van der Waals surface area contributed by atoms with Crippen molar-refractivity contribution >= 4 is 70.1 Å². The van der Waals surface area contributed by atoms with Crippen LogP contribution in [-0.4, -0.2) is 0 Å². The molecule has 0 amide bonds. The molecule has 0 unspecified atom stereocenters. The number of benzene rings is 8. The van der Waals surface area contributed by atoms with Gasteiger partial charge in [-0.05, 0) is 98.4 Å². The molecule has 1 aromatic heterocycles. The van der Waals surface area contributed by atoms with Gasteiger partial charge in [0.15, 0.2) is 0 Å². The van der Waals surface area contributed by atoms with Crippen molar-refractivity contribution in [1.82, 2.24) is 0 Å². The fourth-order valence-electron chi connectivity index (χ4n) is 6.82. The molecular weight excluding hydrogens is 575 g/mol. The van der Waals surface area contributed by atoms with E-state index in [0.29, 0.717) is 0 Å². The molecule has 0 bridgehead atoms. The third-order valence-corrected chi connectivity index (χ3v) is 10.2. The largest absolute Gasteiger partial charge is 0.310 e. The van der Waals surface area contributed by atoms with Crippen LogP contribution in [0.5, 0.6) is 0 Å². The Morgan fingerprint density at radius 3 is 1.76 bits per heavy atom. The monoisotopic (exact) mass is 603 g/mol. The first kappa shape index (κ1) is 26.7. The van der Waals surface area contributed by atoms with Crippen molar-refractivity contribution in [3.05, 3.63) is 176 Å². The molecule has 9 rings (SSSR count). The predicted octanol–water partition coefficient (Wildman–Crippen LogP) is 13.2. The highest BCUT2D eigenvalue weighted by molar-refractivity contribution is 7.26. The Bertz CT molecular complexity index is 2510. The van der Waals surface area contributed by atoms with Gasteiger partial charge in [0.05, 0.1) is 0 Å².